The fraction of sp³-hybridized carbons (Fsp3) is 0.536. The molecule has 6 heteroatoms. The van der Waals surface area contributed by atoms with Gasteiger partial charge in [-0.2, -0.15) is 0 Å². The summed E-state index contributed by atoms with van der Waals surface area (Å²) in [7, 11) is 0. The van der Waals surface area contributed by atoms with E-state index in [1.54, 1.807) is 0 Å². The van der Waals surface area contributed by atoms with Crippen LogP contribution in [0.2, 0.25) is 0 Å². The van der Waals surface area contributed by atoms with Gasteiger partial charge in [-0.15, -0.1) is 0 Å². The van der Waals surface area contributed by atoms with Crippen LogP contribution in [0.25, 0.3) is 11.1 Å². The van der Waals surface area contributed by atoms with Crippen molar-refractivity contribution >= 4 is 22.8 Å². The van der Waals surface area contributed by atoms with Crippen LogP contribution in [0.4, 0.5) is 0 Å². The molecule has 2 saturated carbocycles. The number of nitrogens with one attached hydrogen (secondary N) is 1. The van der Waals surface area contributed by atoms with Gasteiger partial charge in [-0.25, -0.2) is 4.98 Å². The number of rotatable bonds is 6. The van der Waals surface area contributed by atoms with Gasteiger partial charge in [0, 0.05) is 24.3 Å². The van der Waals surface area contributed by atoms with Crippen molar-refractivity contribution < 1.29 is 14.7 Å². The van der Waals surface area contributed by atoms with Crippen LogP contribution in [0.15, 0.2) is 42.9 Å². The molecule has 1 unspecified atom stereocenters. The second kappa shape index (κ2) is 9.87. The number of hydrogen-bond acceptors (Lipinski definition) is 4. The number of aromatic nitrogens is 2. The third kappa shape index (κ3) is 4.61. The molecule has 1 atom stereocenters. The van der Waals surface area contributed by atoms with Crippen LogP contribution in [0.5, 0.6) is 0 Å². The van der Waals surface area contributed by atoms with E-state index < -0.39 is 0 Å². The fourth-order valence-electron chi connectivity index (χ4n) is 6.17. The number of fused-ring (bicyclic) bond motifs is 1. The number of nitrogens with zero attached hydrogens (tertiary/aromatic N) is 2. The van der Waals surface area contributed by atoms with Gasteiger partial charge in [-0.3, -0.25) is 9.59 Å². The predicted octanol–water partition coefficient (Wildman–Crippen LogP) is 4.55. The molecule has 1 amide bonds. The van der Waals surface area contributed by atoms with E-state index in [4.69, 9.17) is 0 Å². The molecule has 3 aliphatic rings. The minimum Gasteiger partial charge on any atom is -0.393 e. The molecule has 2 fully saturated rings. The Balaban J connectivity index is 1.20. The Labute approximate surface area is 201 Å². The largest absolute Gasteiger partial charge is 0.393 e. The lowest BCUT2D eigenvalue weighted by molar-refractivity contribution is -0.130. The van der Waals surface area contributed by atoms with Crippen LogP contribution in [-0.4, -0.2) is 38.5 Å². The van der Waals surface area contributed by atoms with Crippen molar-refractivity contribution in [3.63, 3.8) is 0 Å². The van der Waals surface area contributed by atoms with Gasteiger partial charge in [0.05, 0.1) is 30.4 Å². The molecule has 0 radical (unpaired) electrons. The lowest BCUT2D eigenvalue weighted by Crippen LogP contribution is -2.42. The van der Waals surface area contributed by atoms with Crippen LogP contribution in [-0.2, 0) is 9.59 Å². The summed E-state index contributed by atoms with van der Waals surface area (Å²) in [6.45, 7) is 2.12. The van der Waals surface area contributed by atoms with Crippen molar-refractivity contribution in [3.05, 3.63) is 54.1 Å². The third-order valence-corrected chi connectivity index (χ3v) is 8.20. The van der Waals surface area contributed by atoms with Crippen LogP contribution >= 0.6 is 0 Å². The summed E-state index contributed by atoms with van der Waals surface area (Å²) in [5, 5.41) is 12.9. The number of aliphatic hydroxyl groups excluding tert-OH is 1. The highest BCUT2D eigenvalue weighted by molar-refractivity contribution is 5.96. The van der Waals surface area contributed by atoms with Crippen molar-refractivity contribution in [2.45, 2.75) is 82.9 Å². The SMILES string of the molecule is CC1=C(c2ccccc2)C(CC(=O)C2CCC(C(=O)NC3CCC(O)CC3)CC2)n2cncc21. The first-order valence-corrected chi connectivity index (χ1v) is 12.8. The Kier molecular flexibility index (Phi) is 6.68. The summed E-state index contributed by atoms with van der Waals surface area (Å²) < 4.78 is 2.15. The molecule has 0 bridgehead atoms. The summed E-state index contributed by atoms with van der Waals surface area (Å²) in [6.07, 6.45) is 10.4. The third-order valence-electron chi connectivity index (χ3n) is 8.20. The summed E-state index contributed by atoms with van der Waals surface area (Å²) in [5.74, 6) is 0.465. The molecular formula is C28H35N3O3. The zero-order valence-electron chi connectivity index (χ0n) is 20.0. The molecule has 180 valence electrons. The number of allylic oxidation sites excluding steroid dienone is 2. The first-order valence-electron chi connectivity index (χ1n) is 12.8. The quantitative estimate of drug-likeness (QED) is 0.661. The van der Waals surface area contributed by atoms with Gasteiger partial charge in [-0.05, 0) is 75.0 Å². The molecule has 0 saturated heterocycles. The molecule has 6 nitrogen and oxygen atoms in total. The van der Waals surface area contributed by atoms with Gasteiger partial charge in [0.25, 0.3) is 0 Å². The van der Waals surface area contributed by atoms with Gasteiger partial charge in [0.2, 0.25) is 5.91 Å². The molecule has 1 aromatic carbocycles. The van der Waals surface area contributed by atoms with Crippen LogP contribution in [0.3, 0.4) is 0 Å². The normalized spacial score (nSPS) is 29.1. The number of hydrogen-bond donors (Lipinski definition) is 2. The number of carbonyl (C=O) groups is 2. The zero-order chi connectivity index (χ0) is 23.7. The Bertz CT molecular complexity index is 1060. The van der Waals surface area contributed by atoms with Gasteiger partial charge in [-0.1, -0.05) is 30.3 Å². The minimum absolute atomic E-state index is 0.00431. The van der Waals surface area contributed by atoms with E-state index in [2.05, 4.69) is 33.9 Å². The second-order valence-electron chi connectivity index (χ2n) is 10.3. The van der Waals surface area contributed by atoms with Crippen LogP contribution < -0.4 is 5.32 Å². The summed E-state index contributed by atoms with van der Waals surface area (Å²) >= 11 is 0. The molecule has 2 aromatic rings. The number of ketones is 1. The van der Waals surface area contributed by atoms with E-state index in [1.165, 1.54) is 11.1 Å². The maximum atomic E-state index is 13.4. The van der Waals surface area contributed by atoms with Gasteiger partial charge < -0.3 is 15.0 Å². The Morgan fingerprint density at radius 1 is 1.00 bits per heavy atom. The first kappa shape index (κ1) is 23.0. The molecule has 1 aromatic heterocycles. The summed E-state index contributed by atoms with van der Waals surface area (Å²) in [6, 6.07) is 10.5. The molecule has 2 aliphatic carbocycles. The van der Waals surface area contributed by atoms with E-state index in [-0.39, 0.29) is 35.9 Å². The fourth-order valence-corrected chi connectivity index (χ4v) is 6.17. The number of amides is 1. The van der Waals surface area contributed by atoms with E-state index in [0.29, 0.717) is 12.2 Å². The highest BCUT2D eigenvalue weighted by atomic mass is 16.3. The number of imidazole rings is 1. The first-order chi connectivity index (χ1) is 16.5. The molecule has 0 spiro atoms. The van der Waals surface area contributed by atoms with E-state index in [9.17, 15) is 14.7 Å². The smallest absolute Gasteiger partial charge is 0.223 e. The second-order valence-corrected chi connectivity index (χ2v) is 10.3. The van der Waals surface area contributed by atoms with Crippen LogP contribution in [0, 0.1) is 11.8 Å². The predicted molar refractivity (Wildman–Crippen MR) is 132 cm³/mol. The van der Waals surface area contributed by atoms with E-state index >= 15 is 0 Å². The minimum atomic E-state index is -0.214. The molecular weight excluding hydrogens is 426 g/mol. The monoisotopic (exact) mass is 461 g/mol. The topological polar surface area (TPSA) is 84.2 Å². The number of carbonyl (C=O) groups excluding carboxylic acids is 2. The molecule has 2 N–H and O–H groups in total. The molecule has 2 heterocycles. The van der Waals surface area contributed by atoms with E-state index in [0.717, 1.165) is 62.6 Å². The lowest BCUT2D eigenvalue weighted by Gasteiger charge is -2.31. The highest BCUT2D eigenvalue weighted by Crippen LogP contribution is 2.44. The zero-order valence-corrected chi connectivity index (χ0v) is 20.0. The standard InChI is InChI=1S/C28H35N3O3/c1-18-25-16-29-17-31(25)24(27(18)20-5-3-2-4-6-20)15-26(33)19-7-9-21(10-8-19)28(34)30-22-11-13-23(32)14-12-22/h2-6,16-17,19,21-24,32H,7-15H2,1H3,(H,30,34). The number of aliphatic hydroxyl groups is 1. The Hall–Kier alpha value is -2.73. The summed E-state index contributed by atoms with van der Waals surface area (Å²) in [4.78, 5) is 30.5. The lowest BCUT2D eigenvalue weighted by atomic mass is 9.77. The van der Waals surface area contributed by atoms with Crippen molar-refractivity contribution in [2.24, 2.45) is 11.8 Å². The average Bonchev–Trinajstić information content (AvgIpc) is 3.44. The van der Waals surface area contributed by atoms with Crippen molar-refractivity contribution in [1.29, 1.82) is 0 Å². The van der Waals surface area contributed by atoms with Gasteiger partial charge in [0.15, 0.2) is 0 Å². The van der Waals surface area contributed by atoms with Crippen molar-refractivity contribution in [2.75, 3.05) is 0 Å². The van der Waals surface area contributed by atoms with Gasteiger partial charge >= 0.3 is 0 Å². The van der Waals surface area contributed by atoms with E-state index in [1.807, 2.05) is 30.7 Å². The molecule has 34 heavy (non-hydrogen) atoms. The van der Waals surface area contributed by atoms with Crippen LogP contribution in [0.1, 0.15) is 82.0 Å². The van der Waals surface area contributed by atoms with Crippen molar-refractivity contribution in [3.8, 4) is 0 Å². The Morgan fingerprint density at radius 3 is 2.38 bits per heavy atom. The summed E-state index contributed by atoms with van der Waals surface area (Å²) in [5.41, 5.74) is 4.67. The number of Topliss-reactive ketones (excluding diaryl/α,β-unsaturated/α-hetero) is 1. The maximum Gasteiger partial charge on any atom is 0.223 e. The molecule has 1 aliphatic heterocycles. The van der Waals surface area contributed by atoms with Gasteiger partial charge in [0.1, 0.15) is 5.78 Å². The van der Waals surface area contributed by atoms with Crippen molar-refractivity contribution in [1.82, 2.24) is 14.9 Å². The average molecular weight is 462 g/mol. The maximum absolute atomic E-state index is 13.4. The number of benzene rings is 1. The molecule has 5 rings (SSSR count). The Morgan fingerprint density at radius 2 is 1.68 bits per heavy atom. The highest BCUT2D eigenvalue weighted by Gasteiger charge is 2.36.